The summed E-state index contributed by atoms with van der Waals surface area (Å²) >= 11 is 1.48. The number of amides is 3. The molecule has 4 rings (SSSR count). The maximum absolute atomic E-state index is 13.1. The number of benzene rings is 2. The standard InChI is InChI=1S/C17H12F2N2O2S/c18-11-3-1-10(2-4-11)16-21-14(9-24-16)15(22)20(17(21)23)13-7-5-12(19)6-8-13/h1-8,14,16H,9H2/t14-,16?/m0/s1. The van der Waals surface area contributed by atoms with Crippen LogP contribution in [-0.4, -0.2) is 28.6 Å². The first-order chi connectivity index (χ1) is 11.6. The number of urea groups is 1. The highest BCUT2D eigenvalue weighted by molar-refractivity contribution is 7.99. The summed E-state index contributed by atoms with van der Waals surface area (Å²) in [5.74, 6) is -0.624. The molecule has 0 N–H and O–H groups in total. The maximum atomic E-state index is 13.1. The van der Waals surface area contributed by atoms with E-state index in [4.69, 9.17) is 0 Å². The first-order valence-corrected chi connectivity index (χ1v) is 8.40. The minimum Gasteiger partial charge on any atom is -0.295 e. The van der Waals surface area contributed by atoms with Gasteiger partial charge in [0.15, 0.2) is 0 Å². The Kier molecular flexibility index (Phi) is 3.53. The first kappa shape index (κ1) is 15.1. The molecule has 2 aromatic carbocycles. The van der Waals surface area contributed by atoms with E-state index in [1.165, 1.54) is 53.1 Å². The van der Waals surface area contributed by atoms with Gasteiger partial charge in [-0.05, 0) is 42.0 Å². The van der Waals surface area contributed by atoms with Crippen molar-refractivity contribution in [3.05, 3.63) is 65.7 Å². The summed E-state index contributed by atoms with van der Waals surface area (Å²) < 4.78 is 26.2. The second-order valence-corrected chi connectivity index (χ2v) is 6.71. The minimum absolute atomic E-state index is 0.316. The third-order valence-corrected chi connectivity index (χ3v) is 5.48. The van der Waals surface area contributed by atoms with Crippen molar-refractivity contribution >= 4 is 29.4 Å². The number of rotatable bonds is 2. The average molecular weight is 346 g/mol. The predicted octanol–water partition coefficient (Wildman–Crippen LogP) is 3.55. The normalized spacial score (nSPS) is 23.1. The van der Waals surface area contributed by atoms with Crippen LogP contribution in [0.4, 0.5) is 19.3 Å². The molecule has 1 unspecified atom stereocenters. The van der Waals surface area contributed by atoms with Gasteiger partial charge in [0.05, 0.1) is 5.69 Å². The Morgan fingerprint density at radius 3 is 2.12 bits per heavy atom. The summed E-state index contributed by atoms with van der Waals surface area (Å²) in [6.45, 7) is 0. The number of nitrogens with zero attached hydrogens (tertiary/aromatic N) is 2. The zero-order valence-electron chi connectivity index (χ0n) is 12.4. The third-order valence-electron chi connectivity index (χ3n) is 4.16. The van der Waals surface area contributed by atoms with Gasteiger partial charge in [0.2, 0.25) is 0 Å². The van der Waals surface area contributed by atoms with Crippen molar-refractivity contribution in [2.75, 3.05) is 10.7 Å². The van der Waals surface area contributed by atoms with Crippen LogP contribution in [0.25, 0.3) is 0 Å². The topological polar surface area (TPSA) is 40.6 Å². The Balaban J connectivity index is 1.67. The molecule has 2 aliphatic heterocycles. The molecule has 24 heavy (non-hydrogen) atoms. The second kappa shape index (κ2) is 5.59. The molecule has 0 bridgehead atoms. The fourth-order valence-electron chi connectivity index (χ4n) is 3.00. The molecule has 2 aliphatic rings. The van der Waals surface area contributed by atoms with Crippen LogP contribution in [0.1, 0.15) is 10.9 Å². The molecule has 0 saturated carbocycles. The fraction of sp³-hybridized carbons (Fsp3) is 0.176. The zero-order chi connectivity index (χ0) is 16.8. The van der Waals surface area contributed by atoms with E-state index >= 15 is 0 Å². The van der Waals surface area contributed by atoms with E-state index in [9.17, 15) is 18.4 Å². The van der Waals surface area contributed by atoms with Crippen LogP contribution in [0.15, 0.2) is 48.5 Å². The van der Waals surface area contributed by atoms with E-state index in [-0.39, 0.29) is 17.1 Å². The molecular formula is C17H12F2N2O2S. The summed E-state index contributed by atoms with van der Waals surface area (Å²) in [4.78, 5) is 28.0. The maximum Gasteiger partial charge on any atom is 0.333 e. The van der Waals surface area contributed by atoms with E-state index in [1.807, 2.05) is 0 Å². The highest BCUT2D eigenvalue weighted by Gasteiger charge is 2.53. The van der Waals surface area contributed by atoms with Gasteiger partial charge in [0.1, 0.15) is 23.1 Å². The van der Waals surface area contributed by atoms with Crippen molar-refractivity contribution in [2.24, 2.45) is 0 Å². The van der Waals surface area contributed by atoms with Gasteiger partial charge < -0.3 is 0 Å². The SMILES string of the molecule is O=C1[C@@H]2CSC(c3ccc(F)cc3)N2C(=O)N1c1ccc(F)cc1. The summed E-state index contributed by atoms with van der Waals surface area (Å²) in [5, 5.41) is -0.336. The minimum atomic E-state index is -0.553. The van der Waals surface area contributed by atoms with Crippen LogP contribution >= 0.6 is 11.8 Å². The summed E-state index contributed by atoms with van der Waals surface area (Å²) in [6, 6.07) is 10.2. The zero-order valence-corrected chi connectivity index (χ0v) is 13.2. The monoisotopic (exact) mass is 346 g/mol. The summed E-state index contributed by atoms with van der Waals surface area (Å²) in [6.07, 6.45) is 0. The van der Waals surface area contributed by atoms with E-state index in [1.54, 1.807) is 12.1 Å². The number of anilines is 1. The molecule has 2 atom stereocenters. The average Bonchev–Trinajstić information content (AvgIpc) is 3.11. The van der Waals surface area contributed by atoms with Gasteiger partial charge in [0, 0.05) is 5.75 Å². The first-order valence-electron chi connectivity index (χ1n) is 7.35. The lowest BCUT2D eigenvalue weighted by Gasteiger charge is -2.23. The third kappa shape index (κ3) is 2.27. The van der Waals surface area contributed by atoms with Crippen molar-refractivity contribution in [1.29, 1.82) is 0 Å². The van der Waals surface area contributed by atoms with Gasteiger partial charge in [0.25, 0.3) is 5.91 Å². The van der Waals surface area contributed by atoms with Crippen LogP contribution in [0.2, 0.25) is 0 Å². The van der Waals surface area contributed by atoms with E-state index < -0.39 is 17.9 Å². The molecule has 0 spiro atoms. The molecule has 3 amide bonds. The lowest BCUT2D eigenvalue weighted by atomic mass is 10.2. The van der Waals surface area contributed by atoms with Gasteiger partial charge in [-0.1, -0.05) is 12.1 Å². The van der Waals surface area contributed by atoms with Crippen molar-refractivity contribution in [3.8, 4) is 0 Å². The molecule has 2 aromatic rings. The van der Waals surface area contributed by atoms with Gasteiger partial charge in [-0.2, -0.15) is 0 Å². The van der Waals surface area contributed by atoms with Crippen LogP contribution in [0.3, 0.4) is 0 Å². The molecule has 0 aliphatic carbocycles. The summed E-state index contributed by atoms with van der Waals surface area (Å²) in [7, 11) is 0. The second-order valence-electron chi connectivity index (χ2n) is 5.59. The lowest BCUT2D eigenvalue weighted by molar-refractivity contribution is -0.119. The molecule has 2 saturated heterocycles. The summed E-state index contributed by atoms with van der Waals surface area (Å²) in [5.41, 5.74) is 1.12. The lowest BCUT2D eigenvalue weighted by Crippen LogP contribution is -2.33. The Bertz CT molecular complexity index is 810. The highest BCUT2D eigenvalue weighted by atomic mass is 32.2. The number of hydrogen-bond acceptors (Lipinski definition) is 3. The Hall–Kier alpha value is -2.41. The van der Waals surface area contributed by atoms with Crippen molar-refractivity contribution in [3.63, 3.8) is 0 Å². The van der Waals surface area contributed by atoms with E-state index in [0.29, 0.717) is 11.4 Å². The van der Waals surface area contributed by atoms with Gasteiger partial charge in [-0.3, -0.25) is 9.69 Å². The molecule has 4 nitrogen and oxygen atoms in total. The Morgan fingerprint density at radius 2 is 1.50 bits per heavy atom. The molecule has 2 fully saturated rings. The molecule has 122 valence electrons. The molecule has 0 radical (unpaired) electrons. The van der Waals surface area contributed by atoms with Crippen LogP contribution in [0, 0.1) is 11.6 Å². The van der Waals surface area contributed by atoms with E-state index in [2.05, 4.69) is 0 Å². The number of fused-ring (bicyclic) bond motifs is 1. The van der Waals surface area contributed by atoms with Crippen molar-refractivity contribution in [2.45, 2.75) is 11.4 Å². The number of hydrogen-bond donors (Lipinski definition) is 0. The Labute approximate surface area is 141 Å². The molecule has 2 heterocycles. The highest BCUT2D eigenvalue weighted by Crippen LogP contribution is 2.45. The number of thioether (sulfide) groups is 1. The van der Waals surface area contributed by atoms with Gasteiger partial charge in [-0.25, -0.2) is 18.5 Å². The van der Waals surface area contributed by atoms with Gasteiger partial charge >= 0.3 is 6.03 Å². The predicted molar refractivity (Wildman–Crippen MR) is 86.5 cm³/mol. The van der Waals surface area contributed by atoms with Crippen molar-refractivity contribution < 1.29 is 18.4 Å². The fourth-order valence-corrected chi connectivity index (χ4v) is 4.42. The van der Waals surface area contributed by atoms with Crippen molar-refractivity contribution in [1.82, 2.24) is 4.90 Å². The quantitative estimate of drug-likeness (QED) is 0.781. The largest absolute Gasteiger partial charge is 0.333 e. The number of halogens is 2. The Morgan fingerprint density at radius 1 is 0.917 bits per heavy atom. The molecular weight excluding hydrogens is 334 g/mol. The molecule has 0 aromatic heterocycles. The van der Waals surface area contributed by atoms with Crippen LogP contribution in [0.5, 0.6) is 0 Å². The van der Waals surface area contributed by atoms with Crippen LogP contribution in [-0.2, 0) is 4.79 Å². The molecule has 7 heteroatoms. The number of imide groups is 1. The number of carbonyl (C=O) groups is 2. The van der Waals surface area contributed by atoms with E-state index in [0.717, 1.165) is 10.5 Å². The van der Waals surface area contributed by atoms with Crippen LogP contribution < -0.4 is 4.90 Å². The number of carbonyl (C=O) groups excluding carboxylic acids is 2. The smallest absolute Gasteiger partial charge is 0.295 e. The van der Waals surface area contributed by atoms with Gasteiger partial charge in [-0.15, -0.1) is 11.8 Å².